The summed E-state index contributed by atoms with van der Waals surface area (Å²) in [5, 5.41) is 9.86. The Balaban J connectivity index is 2.32. The molecule has 92 valence electrons. The van der Waals surface area contributed by atoms with Crippen LogP contribution >= 0.6 is 22.9 Å². The minimum absolute atomic E-state index is 0.259. The molecule has 0 aliphatic heterocycles. The highest BCUT2D eigenvalue weighted by molar-refractivity contribution is 7.10. The van der Waals surface area contributed by atoms with E-state index in [0.717, 1.165) is 18.7 Å². The molecule has 0 saturated carbocycles. The first kappa shape index (κ1) is 12.7. The van der Waals surface area contributed by atoms with E-state index in [1.165, 1.54) is 26.9 Å². The standard InChI is InChI=1S/C12H17N3S2/c1-4-6-13-10(11-8(2)5-7-16-11)12-9(3)14-15-17-12/h5,7,10,13H,4,6H2,1-3H3. The fourth-order valence-electron chi connectivity index (χ4n) is 1.78. The van der Waals surface area contributed by atoms with Crippen LogP contribution < -0.4 is 5.32 Å². The van der Waals surface area contributed by atoms with Gasteiger partial charge in [-0.2, -0.15) is 0 Å². The summed E-state index contributed by atoms with van der Waals surface area (Å²) in [6, 6.07) is 2.43. The normalized spacial score (nSPS) is 12.9. The molecule has 0 amide bonds. The molecule has 0 aromatic carbocycles. The monoisotopic (exact) mass is 267 g/mol. The molecule has 0 fully saturated rings. The van der Waals surface area contributed by atoms with E-state index in [1.54, 1.807) is 11.3 Å². The molecular weight excluding hydrogens is 250 g/mol. The van der Waals surface area contributed by atoms with Gasteiger partial charge in [-0.05, 0) is 55.4 Å². The van der Waals surface area contributed by atoms with Gasteiger partial charge in [0.15, 0.2) is 0 Å². The molecule has 1 N–H and O–H groups in total. The second-order valence-electron chi connectivity index (χ2n) is 4.08. The zero-order valence-electron chi connectivity index (χ0n) is 10.4. The Bertz CT molecular complexity index is 435. The second-order valence-corrected chi connectivity index (χ2v) is 5.81. The quantitative estimate of drug-likeness (QED) is 0.903. The molecule has 0 aliphatic carbocycles. The molecule has 2 aromatic heterocycles. The zero-order valence-corrected chi connectivity index (χ0v) is 12.0. The Kier molecular flexibility index (Phi) is 4.25. The lowest BCUT2D eigenvalue weighted by Gasteiger charge is -2.16. The minimum Gasteiger partial charge on any atom is -0.305 e. The molecular formula is C12H17N3S2. The van der Waals surface area contributed by atoms with Crippen LogP contribution in [0.15, 0.2) is 11.4 Å². The number of nitrogens with zero attached hydrogens (tertiary/aromatic N) is 2. The fraction of sp³-hybridized carbons (Fsp3) is 0.500. The third-order valence-corrected chi connectivity index (χ3v) is 4.69. The summed E-state index contributed by atoms with van der Waals surface area (Å²) >= 11 is 3.30. The van der Waals surface area contributed by atoms with E-state index in [0.29, 0.717) is 0 Å². The molecule has 1 atom stereocenters. The first-order valence-corrected chi connectivity index (χ1v) is 7.45. The van der Waals surface area contributed by atoms with Gasteiger partial charge < -0.3 is 5.32 Å². The summed E-state index contributed by atoms with van der Waals surface area (Å²) in [7, 11) is 0. The number of aryl methyl sites for hydroxylation is 2. The lowest BCUT2D eigenvalue weighted by Crippen LogP contribution is -2.22. The average molecular weight is 267 g/mol. The second kappa shape index (κ2) is 5.71. The maximum absolute atomic E-state index is 4.12. The van der Waals surface area contributed by atoms with E-state index >= 15 is 0 Å². The summed E-state index contributed by atoms with van der Waals surface area (Å²) < 4.78 is 4.05. The molecule has 0 bridgehead atoms. The smallest absolute Gasteiger partial charge is 0.0802 e. The summed E-state index contributed by atoms with van der Waals surface area (Å²) in [6.07, 6.45) is 1.13. The molecule has 2 aromatic rings. The third kappa shape index (κ3) is 2.73. The van der Waals surface area contributed by atoms with Crippen molar-refractivity contribution in [3.63, 3.8) is 0 Å². The van der Waals surface area contributed by atoms with E-state index in [4.69, 9.17) is 0 Å². The molecule has 2 heterocycles. The summed E-state index contributed by atoms with van der Waals surface area (Å²) in [6.45, 7) is 7.39. The summed E-state index contributed by atoms with van der Waals surface area (Å²) in [5.41, 5.74) is 2.38. The first-order chi connectivity index (χ1) is 8.24. The van der Waals surface area contributed by atoms with Crippen molar-refractivity contribution < 1.29 is 0 Å². The van der Waals surface area contributed by atoms with Crippen molar-refractivity contribution >= 4 is 22.9 Å². The number of hydrogen-bond donors (Lipinski definition) is 1. The van der Waals surface area contributed by atoms with Crippen LogP contribution in [-0.2, 0) is 0 Å². The Morgan fingerprint density at radius 1 is 1.35 bits per heavy atom. The van der Waals surface area contributed by atoms with Gasteiger partial charge in [0.05, 0.1) is 16.6 Å². The molecule has 1 unspecified atom stereocenters. The van der Waals surface area contributed by atoms with Crippen molar-refractivity contribution in [1.82, 2.24) is 14.9 Å². The first-order valence-electron chi connectivity index (χ1n) is 5.80. The maximum atomic E-state index is 4.12. The van der Waals surface area contributed by atoms with E-state index in [-0.39, 0.29) is 6.04 Å². The van der Waals surface area contributed by atoms with Crippen molar-refractivity contribution in [2.24, 2.45) is 0 Å². The van der Waals surface area contributed by atoms with Gasteiger partial charge in [-0.3, -0.25) is 0 Å². The minimum atomic E-state index is 0.259. The van der Waals surface area contributed by atoms with Gasteiger partial charge in [-0.1, -0.05) is 11.4 Å². The molecule has 0 saturated heterocycles. The zero-order chi connectivity index (χ0) is 12.3. The van der Waals surface area contributed by atoms with Gasteiger partial charge in [0.2, 0.25) is 0 Å². The number of hydrogen-bond acceptors (Lipinski definition) is 5. The number of nitrogens with one attached hydrogen (secondary N) is 1. The van der Waals surface area contributed by atoms with Crippen LogP contribution in [0.25, 0.3) is 0 Å². The van der Waals surface area contributed by atoms with Crippen LogP contribution in [0.1, 0.15) is 40.4 Å². The summed E-state index contributed by atoms with van der Waals surface area (Å²) in [5.74, 6) is 0. The molecule has 17 heavy (non-hydrogen) atoms. The number of rotatable bonds is 5. The van der Waals surface area contributed by atoms with Gasteiger partial charge in [-0.25, -0.2) is 0 Å². The lowest BCUT2D eigenvalue weighted by molar-refractivity contribution is 0.608. The van der Waals surface area contributed by atoms with Gasteiger partial charge in [0.1, 0.15) is 0 Å². The van der Waals surface area contributed by atoms with E-state index < -0.39 is 0 Å². The number of thiophene rings is 1. The van der Waals surface area contributed by atoms with Gasteiger partial charge in [0, 0.05) is 4.88 Å². The highest BCUT2D eigenvalue weighted by Crippen LogP contribution is 2.32. The molecule has 3 nitrogen and oxygen atoms in total. The topological polar surface area (TPSA) is 37.8 Å². The molecule has 0 spiro atoms. The van der Waals surface area contributed by atoms with Gasteiger partial charge in [0.25, 0.3) is 0 Å². The Morgan fingerprint density at radius 3 is 2.71 bits per heavy atom. The lowest BCUT2D eigenvalue weighted by atomic mass is 10.1. The highest BCUT2D eigenvalue weighted by Gasteiger charge is 2.21. The Hall–Kier alpha value is -0.780. The van der Waals surface area contributed by atoms with E-state index in [2.05, 4.69) is 40.2 Å². The van der Waals surface area contributed by atoms with Crippen LogP contribution in [0.4, 0.5) is 0 Å². The van der Waals surface area contributed by atoms with Crippen molar-refractivity contribution in [2.45, 2.75) is 33.2 Å². The third-order valence-electron chi connectivity index (χ3n) is 2.71. The van der Waals surface area contributed by atoms with Crippen molar-refractivity contribution in [2.75, 3.05) is 6.54 Å². The van der Waals surface area contributed by atoms with Crippen LogP contribution in [0.2, 0.25) is 0 Å². The maximum Gasteiger partial charge on any atom is 0.0802 e. The molecule has 5 heteroatoms. The summed E-state index contributed by atoms with van der Waals surface area (Å²) in [4.78, 5) is 2.62. The molecule has 0 aliphatic rings. The Labute approximate surface area is 110 Å². The highest BCUT2D eigenvalue weighted by atomic mass is 32.1. The largest absolute Gasteiger partial charge is 0.305 e. The fourth-order valence-corrected chi connectivity index (χ4v) is 3.59. The predicted octanol–water partition coefficient (Wildman–Crippen LogP) is 3.31. The van der Waals surface area contributed by atoms with Crippen LogP contribution in [0.3, 0.4) is 0 Å². The average Bonchev–Trinajstić information content (AvgIpc) is 2.90. The van der Waals surface area contributed by atoms with Crippen molar-refractivity contribution in [3.05, 3.63) is 32.5 Å². The van der Waals surface area contributed by atoms with E-state index in [9.17, 15) is 0 Å². The van der Waals surface area contributed by atoms with Crippen molar-refractivity contribution in [1.29, 1.82) is 0 Å². The van der Waals surface area contributed by atoms with Crippen molar-refractivity contribution in [3.8, 4) is 0 Å². The van der Waals surface area contributed by atoms with Crippen LogP contribution in [0, 0.1) is 13.8 Å². The van der Waals surface area contributed by atoms with Crippen LogP contribution in [0.5, 0.6) is 0 Å². The van der Waals surface area contributed by atoms with Gasteiger partial charge in [-0.15, -0.1) is 16.4 Å². The number of aromatic nitrogens is 2. The molecule has 0 radical (unpaired) electrons. The molecule has 2 rings (SSSR count). The van der Waals surface area contributed by atoms with Gasteiger partial charge >= 0.3 is 0 Å². The SMILES string of the molecule is CCCNC(c1sccc1C)c1snnc1C. The Morgan fingerprint density at radius 2 is 2.18 bits per heavy atom. The van der Waals surface area contributed by atoms with E-state index in [1.807, 2.05) is 6.92 Å². The van der Waals surface area contributed by atoms with Crippen LogP contribution in [-0.4, -0.2) is 16.1 Å². The predicted molar refractivity (Wildman–Crippen MR) is 73.8 cm³/mol.